The predicted octanol–water partition coefficient (Wildman–Crippen LogP) is 2.53. The van der Waals surface area contributed by atoms with Gasteiger partial charge in [-0.15, -0.1) is 0 Å². The van der Waals surface area contributed by atoms with Gasteiger partial charge < -0.3 is 9.47 Å². The number of hydrogen-bond donors (Lipinski definition) is 0. The largest absolute Gasteiger partial charge is 0.350 e. The SMILES string of the molecule is Cc1cc(C)c(S(=O)(=O)N2CCC3(CC2)OCCCO3)cc1C. The molecule has 0 saturated carbocycles. The van der Waals surface area contributed by atoms with E-state index in [1.54, 1.807) is 10.4 Å². The zero-order valence-electron chi connectivity index (χ0n) is 14.1. The van der Waals surface area contributed by atoms with Crippen molar-refractivity contribution in [3.63, 3.8) is 0 Å². The number of benzene rings is 1. The molecule has 1 aromatic rings. The van der Waals surface area contributed by atoms with Crippen LogP contribution in [0.1, 0.15) is 36.0 Å². The fourth-order valence-electron chi connectivity index (χ4n) is 3.32. The molecule has 0 aliphatic carbocycles. The topological polar surface area (TPSA) is 55.8 Å². The summed E-state index contributed by atoms with van der Waals surface area (Å²) in [5.41, 5.74) is 2.92. The van der Waals surface area contributed by atoms with E-state index in [0.29, 0.717) is 44.0 Å². The van der Waals surface area contributed by atoms with Gasteiger partial charge in [-0.05, 0) is 49.9 Å². The highest BCUT2D eigenvalue weighted by atomic mass is 32.2. The lowest BCUT2D eigenvalue weighted by molar-refractivity contribution is -0.280. The molecule has 0 N–H and O–H groups in total. The molecule has 0 aromatic heterocycles. The first-order valence-electron chi connectivity index (χ1n) is 8.20. The van der Waals surface area contributed by atoms with Gasteiger partial charge in [0, 0.05) is 25.9 Å². The Morgan fingerprint density at radius 3 is 2.13 bits per heavy atom. The highest BCUT2D eigenvalue weighted by molar-refractivity contribution is 7.89. The Balaban J connectivity index is 1.80. The number of sulfonamides is 1. The van der Waals surface area contributed by atoms with Crippen molar-refractivity contribution in [1.82, 2.24) is 4.31 Å². The van der Waals surface area contributed by atoms with Gasteiger partial charge in [-0.2, -0.15) is 4.31 Å². The summed E-state index contributed by atoms with van der Waals surface area (Å²) in [6, 6.07) is 3.74. The second kappa shape index (κ2) is 6.16. The van der Waals surface area contributed by atoms with Gasteiger partial charge in [0.25, 0.3) is 0 Å². The van der Waals surface area contributed by atoms with Gasteiger partial charge in [0.2, 0.25) is 10.0 Å². The third-order valence-corrected chi connectivity index (χ3v) is 6.95. The van der Waals surface area contributed by atoms with Crippen LogP contribution in [-0.4, -0.2) is 44.8 Å². The molecule has 2 aliphatic heterocycles. The monoisotopic (exact) mass is 339 g/mol. The summed E-state index contributed by atoms with van der Waals surface area (Å²) in [6.45, 7) is 8.08. The van der Waals surface area contributed by atoms with E-state index < -0.39 is 15.8 Å². The highest BCUT2D eigenvalue weighted by Gasteiger charge is 2.41. The van der Waals surface area contributed by atoms with Gasteiger partial charge in [0.05, 0.1) is 18.1 Å². The second-order valence-corrected chi connectivity index (χ2v) is 8.47. The van der Waals surface area contributed by atoms with Gasteiger partial charge in [-0.3, -0.25) is 0 Å². The fourth-order valence-corrected chi connectivity index (χ4v) is 5.06. The van der Waals surface area contributed by atoms with Gasteiger partial charge in [0.15, 0.2) is 5.79 Å². The fraction of sp³-hybridized carbons (Fsp3) is 0.647. The molecular weight excluding hydrogens is 314 g/mol. The van der Waals surface area contributed by atoms with E-state index in [2.05, 4.69) is 0 Å². The summed E-state index contributed by atoms with van der Waals surface area (Å²) in [6.07, 6.45) is 2.10. The smallest absolute Gasteiger partial charge is 0.243 e. The maximum Gasteiger partial charge on any atom is 0.243 e. The lowest BCUT2D eigenvalue weighted by atomic mass is 10.0. The molecule has 1 aromatic carbocycles. The number of hydrogen-bond acceptors (Lipinski definition) is 4. The van der Waals surface area contributed by atoms with Crippen molar-refractivity contribution < 1.29 is 17.9 Å². The van der Waals surface area contributed by atoms with Crippen molar-refractivity contribution in [2.45, 2.75) is 50.7 Å². The molecule has 0 amide bonds. The van der Waals surface area contributed by atoms with Crippen molar-refractivity contribution in [2.24, 2.45) is 0 Å². The maximum absolute atomic E-state index is 13.0. The molecule has 5 nitrogen and oxygen atoms in total. The third-order valence-electron chi connectivity index (χ3n) is 4.91. The van der Waals surface area contributed by atoms with Crippen LogP contribution in [0, 0.1) is 20.8 Å². The van der Waals surface area contributed by atoms with Gasteiger partial charge in [0.1, 0.15) is 0 Å². The van der Waals surface area contributed by atoms with Gasteiger partial charge in [-0.1, -0.05) is 6.07 Å². The lowest BCUT2D eigenvalue weighted by Crippen LogP contribution is -2.51. The lowest BCUT2D eigenvalue weighted by Gasteiger charge is -2.42. The molecule has 2 saturated heterocycles. The van der Waals surface area contributed by atoms with Crippen molar-refractivity contribution >= 4 is 10.0 Å². The minimum absolute atomic E-state index is 0.419. The Kier molecular flexibility index (Phi) is 4.53. The maximum atomic E-state index is 13.0. The number of piperidine rings is 1. The molecule has 0 atom stereocenters. The molecule has 0 bridgehead atoms. The van der Waals surface area contributed by atoms with E-state index in [0.717, 1.165) is 23.1 Å². The molecule has 6 heteroatoms. The van der Waals surface area contributed by atoms with Gasteiger partial charge in [-0.25, -0.2) is 8.42 Å². The van der Waals surface area contributed by atoms with Crippen molar-refractivity contribution in [1.29, 1.82) is 0 Å². The number of aryl methyl sites for hydroxylation is 3. The Morgan fingerprint density at radius 2 is 1.52 bits per heavy atom. The zero-order chi connectivity index (χ0) is 16.7. The van der Waals surface area contributed by atoms with Crippen LogP contribution in [0.4, 0.5) is 0 Å². The molecule has 23 heavy (non-hydrogen) atoms. The quantitative estimate of drug-likeness (QED) is 0.831. The summed E-state index contributed by atoms with van der Waals surface area (Å²) in [5, 5.41) is 0. The molecular formula is C17H25NO4S. The number of rotatable bonds is 2. The minimum atomic E-state index is -3.47. The Hall–Kier alpha value is -0.950. The first kappa shape index (κ1) is 16.9. The average Bonchev–Trinajstić information content (AvgIpc) is 2.52. The molecule has 2 aliphatic rings. The van der Waals surface area contributed by atoms with E-state index in [-0.39, 0.29) is 0 Å². The van der Waals surface area contributed by atoms with E-state index in [1.165, 1.54) is 0 Å². The standard InChI is InChI=1S/C17H25NO4S/c1-13-11-15(3)16(12-14(13)2)23(19,20)18-7-5-17(6-8-18)21-9-4-10-22-17/h11-12H,4-10H2,1-3H3. The first-order chi connectivity index (χ1) is 10.8. The molecule has 128 valence electrons. The molecule has 0 radical (unpaired) electrons. The van der Waals surface area contributed by atoms with E-state index in [1.807, 2.05) is 26.8 Å². The van der Waals surface area contributed by atoms with E-state index in [4.69, 9.17) is 9.47 Å². The molecule has 3 rings (SSSR count). The number of nitrogens with zero attached hydrogens (tertiary/aromatic N) is 1. The van der Waals surface area contributed by atoms with Crippen LogP contribution >= 0.6 is 0 Å². The van der Waals surface area contributed by atoms with Crippen LogP contribution in [-0.2, 0) is 19.5 Å². The van der Waals surface area contributed by atoms with Gasteiger partial charge >= 0.3 is 0 Å². The number of ether oxygens (including phenoxy) is 2. The molecule has 0 unspecified atom stereocenters. The third kappa shape index (κ3) is 3.18. The molecule has 1 spiro atoms. The summed E-state index contributed by atoms with van der Waals surface area (Å²) >= 11 is 0. The Labute approximate surface area is 138 Å². The summed E-state index contributed by atoms with van der Waals surface area (Å²) in [4.78, 5) is 0.419. The minimum Gasteiger partial charge on any atom is -0.350 e. The zero-order valence-corrected chi connectivity index (χ0v) is 14.9. The summed E-state index contributed by atoms with van der Waals surface area (Å²) < 4.78 is 39.1. The first-order valence-corrected chi connectivity index (χ1v) is 9.64. The summed E-state index contributed by atoms with van der Waals surface area (Å²) in [5.74, 6) is -0.567. The summed E-state index contributed by atoms with van der Waals surface area (Å²) in [7, 11) is -3.47. The van der Waals surface area contributed by atoms with Crippen LogP contribution in [0.25, 0.3) is 0 Å². The molecule has 2 heterocycles. The van der Waals surface area contributed by atoms with E-state index >= 15 is 0 Å². The average molecular weight is 339 g/mol. The second-order valence-electron chi connectivity index (χ2n) is 6.57. The van der Waals surface area contributed by atoms with Crippen LogP contribution in [0.5, 0.6) is 0 Å². The van der Waals surface area contributed by atoms with Crippen LogP contribution in [0.3, 0.4) is 0 Å². The molecule has 2 fully saturated rings. The van der Waals surface area contributed by atoms with E-state index in [9.17, 15) is 8.42 Å². The van der Waals surface area contributed by atoms with Crippen LogP contribution in [0.2, 0.25) is 0 Å². The van der Waals surface area contributed by atoms with Crippen LogP contribution < -0.4 is 0 Å². The van der Waals surface area contributed by atoms with Crippen molar-refractivity contribution in [3.05, 3.63) is 28.8 Å². The Bertz CT molecular complexity index is 683. The highest BCUT2D eigenvalue weighted by Crippen LogP contribution is 2.33. The van der Waals surface area contributed by atoms with Crippen molar-refractivity contribution in [2.75, 3.05) is 26.3 Å². The normalized spacial score (nSPS) is 22.4. The van der Waals surface area contributed by atoms with Crippen LogP contribution in [0.15, 0.2) is 17.0 Å². The van der Waals surface area contributed by atoms with Crippen molar-refractivity contribution in [3.8, 4) is 0 Å². The predicted molar refractivity (Wildman–Crippen MR) is 87.9 cm³/mol. The Morgan fingerprint density at radius 1 is 0.957 bits per heavy atom.